The summed E-state index contributed by atoms with van der Waals surface area (Å²) in [5.74, 6) is -0.116. The van der Waals surface area contributed by atoms with Gasteiger partial charge >= 0.3 is 0 Å². The molecule has 12 nitrogen and oxygen atoms in total. The molecule has 2 aliphatic carbocycles. The van der Waals surface area contributed by atoms with Crippen LogP contribution in [0.5, 0.6) is 0 Å². The number of unbranched alkanes of at least 4 members (excludes halogenated alkanes) is 1. The summed E-state index contributed by atoms with van der Waals surface area (Å²) in [7, 11) is 8.91. The minimum atomic E-state index is -1.30. The van der Waals surface area contributed by atoms with Crippen molar-refractivity contribution in [2.45, 2.75) is 49.1 Å². The number of allylic oxidation sites excluding steroid dienone is 2. The predicted molar refractivity (Wildman–Crippen MR) is 156 cm³/mol. The summed E-state index contributed by atoms with van der Waals surface area (Å²) in [5.41, 5.74) is -2.00. The molecule has 0 saturated carbocycles. The van der Waals surface area contributed by atoms with Gasteiger partial charge in [0.2, 0.25) is 0 Å². The first-order chi connectivity index (χ1) is 19.0. The lowest BCUT2D eigenvalue weighted by molar-refractivity contribution is -0.115. The second kappa shape index (κ2) is 12.4. The highest BCUT2D eigenvalue weighted by Gasteiger charge is 2.51. The van der Waals surface area contributed by atoms with Crippen LogP contribution in [0.3, 0.4) is 0 Å². The molecule has 0 aromatic rings. The van der Waals surface area contributed by atoms with Gasteiger partial charge in [0.15, 0.2) is 11.2 Å². The number of hydrogen-bond acceptors (Lipinski definition) is 10. The van der Waals surface area contributed by atoms with E-state index in [1.54, 1.807) is 6.08 Å². The SMILES string of the molecule is [B]C1=C[C@@]2(CC(C(=O)NCCCCNC(=O)C3=NO[C@]4(C=C(Br)C(OC)=C(Br)[C@@H]4O)C3)=NO2)[C@@H](O)C(Br)=C1OC. The van der Waals surface area contributed by atoms with Crippen LogP contribution in [-0.4, -0.2) is 92.0 Å². The molecule has 0 unspecified atom stereocenters. The Kier molecular flexibility index (Phi) is 9.54. The van der Waals surface area contributed by atoms with Gasteiger partial charge in [-0.2, -0.15) is 0 Å². The summed E-state index contributed by atoms with van der Waals surface area (Å²) < 4.78 is 11.7. The van der Waals surface area contributed by atoms with Crippen LogP contribution in [0.15, 0.2) is 52.9 Å². The minimum Gasteiger partial charge on any atom is -0.496 e. The van der Waals surface area contributed by atoms with Gasteiger partial charge < -0.3 is 40.0 Å². The summed E-state index contributed by atoms with van der Waals surface area (Å²) in [4.78, 5) is 36.1. The molecule has 0 saturated heterocycles. The summed E-state index contributed by atoms with van der Waals surface area (Å²) in [6.45, 7) is 0.672. The van der Waals surface area contributed by atoms with Crippen LogP contribution in [0.4, 0.5) is 0 Å². The van der Waals surface area contributed by atoms with Gasteiger partial charge in [-0.15, -0.1) is 0 Å². The highest BCUT2D eigenvalue weighted by Crippen LogP contribution is 2.44. The molecule has 4 atom stereocenters. The molecular formula is C24H26BBr3N4O8. The van der Waals surface area contributed by atoms with Crippen LogP contribution >= 0.6 is 47.8 Å². The van der Waals surface area contributed by atoms with Crippen molar-refractivity contribution >= 4 is 78.9 Å². The fourth-order valence-corrected chi connectivity index (χ4v) is 7.16. The maximum absolute atomic E-state index is 12.6. The lowest BCUT2D eigenvalue weighted by Gasteiger charge is -2.34. The average Bonchev–Trinajstić information content (AvgIpc) is 3.54. The summed E-state index contributed by atoms with van der Waals surface area (Å²) >= 11 is 9.99. The number of ether oxygens (including phenoxy) is 2. The van der Waals surface area contributed by atoms with Crippen molar-refractivity contribution in [3.05, 3.63) is 42.6 Å². The lowest BCUT2D eigenvalue weighted by Crippen LogP contribution is -2.45. The maximum atomic E-state index is 12.6. The molecule has 2 aliphatic heterocycles. The molecule has 2 heterocycles. The van der Waals surface area contributed by atoms with E-state index in [1.165, 1.54) is 20.3 Å². The van der Waals surface area contributed by atoms with E-state index in [1.807, 2.05) is 0 Å². The van der Waals surface area contributed by atoms with Gasteiger partial charge in [-0.1, -0.05) is 15.8 Å². The van der Waals surface area contributed by atoms with Crippen molar-refractivity contribution in [2.24, 2.45) is 10.3 Å². The average molecular weight is 749 g/mol. The normalized spacial score (nSPS) is 29.4. The molecule has 4 rings (SSSR count). The highest BCUT2D eigenvalue weighted by molar-refractivity contribution is 9.12. The number of amides is 2. The van der Waals surface area contributed by atoms with Gasteiger partial charge in [0.1, 0.15) is 43.0 Å². The van der Waals surface area contributed by atoms with Gasteiger partial charge in [-0.25, -0.2) is 0 Å². The number of nitrogens with one attached hydrogen (secondary N) is 2. The van der Waals surface area contributed by atoms with E-state index >= 15 is 0 Å². The number of aliphatic hydroxyl groups is 2. The topological polar surface area (TPSA) is 160 Å². The van der Waals surface area contributed by atoms with Crippen molar-refractivity contribution in [3.63, 3.8) is 0 Å². The number of aliphatic hydroxyl groups excluding tert-OH is 2. The van der Waals surface area contributed by atoms with Crippen LogP contribution in [0.1, 0.15) is 25.7 Å². The third kappa shape index (κ3) is 5.78. The summed E-state index contributed by atoms with van der Waals surface area (Å²) in [6, 6.07) is 0. The molecule has 4 N–H and O–H groups in total. The van der Waals surface area contributed by atoms with E-state index in [2.05, 4.69) is 68.7 Å². The highest BCUT2D eigenvalue weighted by atomic mass is 79.9. The first-order valence-electron chi connectivity index (χ1n) is 12.2. The Bertz CT molecular complexity index is 1190. The third-order valence-electron chi connectivity index (χ3n) is 6.74. The van der Waals surface area contributed by atoms with E-state index < -0.39 is 35.2 Å². The molecule has 40 heavy (non-hydrogen) atoms. The Labute approximate surface area is 256 Å². The predicted octanol–water partition coefficient (Wildman–Crippen LogP) is 1.62. The fraction of sp³-hybridized carbons (Fsp3) is 0.500. The second-order valence-electron chi connectivity index (χ2n) is 9.40. The van der Waals surface area contributed by atoms with E-state index in [-0.39, 0.29) is 29.7 Å². The number of carbonyl (C=O) groups is 2. The molecule has 0 fully saturated rings. The zero-order chi connectivity index (χ0) is 29.2. The number of methoxy groups -OCH3 is 2. The molecule has 2 spiro atoms. The lowest BCUT2D eigenvalue weighted by atomic mass is 9.78. The minimum absolute atomic E-state index is 0.0220. The zero-order valence-corrected chi connectivity index (χ0v) is 26.3. The van der Waals surface area contributed by atoms with E-state index in [0.29, 0.717) is 50.9 Å². The van der Waals surface area contributed by atoms with Crippen molar-refractivity contribution < 1.29 is 39.0 Å². The Hall–Kier alpha value is -2.14. The summed E-state index contributed by atoms with van der Waals surface area (Å²) in [5, 5.41) is 34.7. The summed E-state index contributed by atoms with van der Waals surface area (Å²) in [6.07, 6.45) is 2.09. The number of nitrogens with zero attached hydrogens (tertiary/aromatic N) is 2. The molecule has 0 aromatic carbocycles. The van der Waals surface area contributed by atoms with Gasteiger partial charge in [0, 0.05) is 25.9 Å². The molecule has 16 heteroatoms. The third-order valence-corrected chi connectivity index (χ3v) is 8.91. The Morgan fingerprint density at radius 2 is 1.38 bits per heavy atom. The fourth-order valence-electron chi connectivity index (χ4n) is 4.59. The Morgan fingerprint density at radius 3 is 1.85 bits per heavy atom. The number of carbonyl (C=O) groups excluding carboxylic acids is 2. The van der Waals surface area contributed by atoms with Crippen LogP contribution in [0.2, 0.25) is 0 Å². The molecule has 214 valence electrons. The Morgan fingerprint density at radius 1 is 0.925 bits per heavy atom. The Balaban J connectivity index is 1.17. The van der Waals surface area contributed by atoms with E-state index in [4.69, 9.17) is 27.0 Å². The van der Waals surface area contributed by atoms with Crippen molar-refractivity contribution in [1.82, 2.24) is 10.6 Å². The standard InChI is InChI=1S/C24H26BBr3N4O8/c1-37-17-11(25)7-23(19(33)15(17)27)9-13(31-39-23)21(35)29-5-3-4-6-30-22(36)14-10-24(40-32-14)8-12(26)18(38-2)16(28)20(24)34/h7-8,19-20,33-34H,3-6,9-10H2,1-2H3,(H,29,35)(H,30,36)/t19-,20-,23+,24+/m0/s1. The number of halogens is 3. The maximum Gasteiger partial charge on any atom is 0.269 e. The van der Waals surface area contributed by atoms with Crippen LogP contribution in [-0.2, 0) is 28.7 Å². The first kappa shape index (κ1) is 30.8. The van der Waals surface area contributed by atoms with Crippen molar-refractivity contribution in [3.8, 4) is 0 Å². The quantitative estimate of drug-likeness (QED) is 0.205. The largest absolute Gasteiger partial charge is 0.496 e. The van der Waals surface area contributed by atoms with Crippen LogP contribution in [0, 0.1) is 0 Å². The van der Waals surface area contributed by atoms with Gasteiger partial charge in [-0.3, -0.25) is 9.59 Å². The zero-order valence-electron chi connectivity index (χ0n) is 21.5. The molecular weight excluding hydrogens is 723 g/mol. The molecule has 0 aromatic heterocycles. The van der Waals surface area contributed by atoms with Crippen molar-refractivity contribution in [1.29, 1.82) is 0 Å². The number of hydrogen-bond donors (Lipinski definition) is 4. The van der Waals surface area contributed by atoms with E-state index in [0.717, 1.165) is 0 Å². The second-order valence-corrected chi connectivity index (χ2v) is 12.0. The molecule has 2 amide bonds. The van der Waals surface area contributed by atoms with E-state index in [9.17, 15) is 19.8 Å². The molecule has 2 radical (unpaired) electrons. The van der Waals surface area contributed by atoms with Gasteiger partial charge in [0.25, 0.3) is 11.8 Å². The molecule has 0 bridgehead atoms. The van der Waals surface area contributed by atoms with Crippen molar-refractivity contribution in [2.75, 3.05) is 27.3 Å². The first-order valence-corrected chi connectivity index (χ1v) is 14.5. The van der Waals surface area contributed by atoms with Crippen LogP contribution < -0.4 is 10.6 Å². The smallest absolute Gasteiger partial charge is 0.269 e. The van der Waals surface area contributed by atoms with Gasteiger partial charge in [-0.05, 0) is 72.8 Å². The number of rotatable bonds is 9. The van der Waals surface area contributed by atoms with Gasteiger partial charge in [0.05, 0.1) is 27.7 Å². The molecule has 4 aliphatic rings. The van der Waals surface area contributed by atoms with Crippen LogP contribution in [0.25, 0.3) is 0 Å². The number of oxime groups is 2. The monoisotopic (exact) mass is 746 g/mol.